The van der Waals surface area contributed by atoms with Gasteiger partial charge in [0.1, 0.15) is 9.84 Å². The van der Waals surface area contributed by atoms with Crippen LogP contribution in [0.3, 0.4) is 0 Å². The number of hydrogen-bond donors (Lipinski definition) is 1. The second-order valence-corrected chi connectivity index (χ2v) is 6.03. The highest BCUT2D eigenvalue weighted by Gasteiger charge is 1.98. The van der Waals surface area contributed by atoms with E-state index in [-0.39, 0.29) is 5.75 Å². The molecule has 16 heavy (non-hydrogen) atoms. The fraction of sp³-hybridized carbons (Fsp3) is 0.818. The molecule has 0 spiro atoms. The molecule has 0 saturated carbocycles. The summed E-state index contributed by atoms with van der Waals surface area (Å²) in [5.41, 5.74) is 0. The third kappa shape index (κ3) is 13.6. The minimum absolute atomic E-state index is 0.281. The first-order valence-corrected chi connectivity index (χ1v) is 7.64. The molecule has 96 valence electrons. The maximum absolute atomic E-state index is 10.8. The van der Waals surface area contributed by atoms with E-state index in [9.17, 15) is 8.42 Å². The molecule has 0 heterocycles. The molecule has 0 aromatic rings. The van der Waals surface area contributed by atoms with E-state index in [2.05, 4.69) is 11.4 Å². The highest BCUT2D eigenvalue weighted by atomic mass is 32.2. The summed E-state index contributed by atoms with van der Waals surface area (Å²) in [6, 6.07) is 0. The fourth-order valence-electron chi connectivity index (χ4n) is 1.18. The molecule has 1 N–H and O–H groups in total. The Morgan fingerprint density at radius 1 is 1.19 bits per heavy atom. The summed E-state index contributed by atoms with van der Waals surface area (Å²) in [4.78, 5) is 0. The summed E-state index contributed by atoms with van der Waals surface area (Å²) in [7, 11) is -1.11. The van der Waals surface area contributed by atoms with Crippen molar-refractivity contribution in [3.05, 3.63) is 12.2 Å². The van der Waals surface area contributed by atoms with Crippen LogP contribution < -0.4 is 5.32 Å². The van der Waals surface area contributed by atoms with E-state index in [0.29, 0.717) is 6.42 Å². The van der Waals surface area contributed by atoms with Gasteiger partial charge in [0.05, 0.1) is 12.4 Å². The molecule has 0 unspecified atom stereocenters. The Morgan fingerprint density at radius 3 is 2.50 bits per heavy atom. The molecule has 0 aliphatic carbocycles. The number of rotatable bonds is 10. The van der Waals surface area contributed by atoms with Crippen LogP contribution in [-0.2, 0) is 14.6 Å². The van der Waals surface area contributed by atoms with Crippen LogP contribution in [0.5, 0.6) is 0 Å². The van der Waals surface area contributed by atoms with E-state index in [4.69, 9.17) is 4.74 Å². The van der Waals surface area contributed by atoms with Crippen molar-refractivity contribution in [3.63, 3.8) is 0 Å². The summed E-state index contributed by atoms with van der Waals surface area (Å²) >= 11 is 0. The molecular formula is C11H23NO3S. The second-order valence-electron chi connectivity index (χ2n) is 3.77. The van der Waals surface area contributed by atoms with E-state index in [1.54, 1.807) is 7.11 Å². The number of hydrogen-bond acceptors (Lipinski definition) is 4. The number of ether oxygens (including phenoxy) is 1. The normalized spacial score (nSPS) is 12.4. The largest absolute Gasteiger partial charge is 0.383 e. The summed E-state index contributed by atoms with van der Waals surface area (Å²) in [5.74, 6) is 0.281. The van der Waals surface area contributed by atoms with Crippen LogP contribution in [-0.4, -0.2) is 47.2 Å². The van der Waals surface area contributed by atoms with E-state index in [1.807, 2.05) is 6.08 Å². The van der Waals surface area contributed by atoms with E-state index in [0.717, 1.165) is 32.5 Å². The van der Waals surface area contributed by atoms with E-state index >= 15 is 0 Å². The van der Waals surface area contributed by atoms with Gasteiger partial charge in [-0.2, -0.15) is 0 Å². The molecule has 0 amide bonds. The van der Waals surface area contributed by atoms with Crippen LogP contribution in [0.15, 0.2) is 12.2 Å². The first-order chi connectivity index (χ1) is 7.56. The van der Waals surface area contributed by atoms with Crippen LogP contribution in [0, 0.1) is 0 Å². The molecule has 0 aromatic heterocycles. The second kappa shape index (κ2) is 9.81. The van der Waals surface area contributed by atoms with Gasteiger partial charge in [-0.05, 0) is 25.8 Å². The number of nitrogens with one attached hydrogen (secondary N) is 1. The topological polar surface area (TPSA) is 55.4 Å². The van der Waals surface area contributed by atoms with Gasteiger partial charge in [-0.1, -0.05) is 12.2 Å². The van der Waals surface area contributed by atoms with E-state index < -0.39 is 9.84 Å². The molecule has 0 aliphatic heterocycles. The molecule has 4 nitrogen and oxygen atoms in total. The Hall–Kier alpha value is -0.390. The predicted octanol–water partition coefficient (Wildman–Crippen LogP) is 0.994. The van der Waals surface area contributed by atoms with Crippen molar-refractivity contribution in [2.45, 2.75) is 19.3 Å². The number of sulfone groups is 1. The lowest BCUT2D eigenvalue weighted by Crippen LogP contribution is -2.19. The van der Waals surface area contributed by atoms with E-state index in [1.165, 1.54) is 6.26 Å². The molecule has 0 aliphatic rings. The van der Waals surface area contributed by atoms with Gasteiger partial charge in [-0.15, -0.1) is 0 Å². The van der Waals surface area contributed by atoms with Crippen LogP contribution in [0.4, 0.5) is 0 Å². The van der Waals surface area contributed by atoms with Gasteiger partial charge in [0, 0.05) is 19.9 Å². The Kier molecular flexibility index (Phi) is 9.57. The van der Waals surface area contributed by atoms with Gasteiger partial charge in [-0.25, -0.2) is 8.42 Å². The third-order valence-electron chi connectivity index (χ3n) is 2.02. The lowest BCUT2D eigenvalue weighted by Gasteiger charge is -2.00. The molecule has 0 fully saturated rings. The first-order valence-electron chi connectivity index (χ1n) is 5.58. The molecule has 0 rings (SSSR count). The molecular weight excluding hydrogens is 226 g/mol. The van der Waals surface area contributed by atoms with Crippen LogP contribution in [0.1, 0.15) is 19.3 Å². The smallest absolute Gasteiger partial charge is 0.147 e. The van der Waals surface area contributed by atoms with Crippen LogP contribution in [0.25, 0.3) is 0 Å². The van der Waals surface area contributed by atoms with Gasteiger partial charge in [-0.3, -0.25) is 0 Å². The standard InChI is InChI=1S/C11H23NO3S/c1-15-10-9-12-8-6-4-3-5-7-11-16(2,13)14/h3-4,12H,5-11H2,1-2H3. The van der Waals surface area contributed by atoms with Crippen molar-refractivity contribution in [2.75, 3.05) is 38.8 Å². The van der Waals surface area contributed by atoms with Crippen LogP contribution >= 0.6 is 0 Å². The Labute approximate surface area is 99.0 Å². The summed E-state index contributed by atoms with van der Waals surface area (Å²) in [5, 5.41) is 3.23. The summed E-state index contributed by atoms with van der Waals surface area (Å²) in [6.45, 7) is 2.54. The Balaban J connectivity index is 3.23. The number of methoxy groups -OCH3 is 1. The monoisotopic (exact) mass is 249 g/mol. The van der Waals surface area contributed by atoms with Crippen molar-refractivity contribution >= 4 is 9.84 Å². The molecule has 0 atom stereocenters. The zero-order valence-electron chi connectivity index (χ0n) is 10.2. The molecule has 0 aromatic carbocycles. The zero-order valence-corrected chi connectivity index (χ0v) is 11.1. The number of unbranched alkanes of at least 4 members (excludes halogenated alkanes) is 1. The van der Waals surface area contributed by atoms with Gasteiger partial charge in [0.15, 0.2) is 0 Å². The number of allylic oxidation sites excluding steroid dienone is 1. The maximum atomic E-state index is 10.8. The molecule has 5 heteroatoms. The quantitative estimate of drug-likeness (QED) is 0.463. The maximum Gasteiger partial charge on any atom is 0.147 e. The minimum atomic E-state index is -2.79. The van der Waals surface area contributed by atoms with Gasteiger partial charge in [0.25, 0.3) is 0 Å². The minimum Gasteiger partial charge on any atom is -0.383 e. The van der Waals surface area contributed by atoms with Crippen molar-refractivity contribution in [1.29, 1.82) is 0 Å². The SMILES string of the molecule is COCCNCCC=CCCCS(C)(=O)=O. The summed E-state index contributed by atoms with van der Waals surface area (Å²) in [6.07, 6.45) is 7.93. The highest BCUT2D eigenvalue weighted by molar-refractivity contribution is 7.90. The van der Waals surface area contributed by atoms with Crippen molar-refractivity contribution < 1.29 is 13.2 Å². The lowest BCUT2D eigenvalue weighted by molar-refractivity contribution is 0.199. The highest BCUT2D eigenvalue weighted by Crippen LogP contribution is 1.96. The van der Waals surface area contributed by atoms with Gasteiger partial charge >= 0.3 is 0 Å². The average molecular weight is 249 g/mol. The molecule has 0 radical (unpaired) electrons. The average Bonchev–Trinajstić information content (AvgIpc) is 2.19. The van der Waals surface area contributed by atoms with Crippen molar-refractivity contribution in [2.24, 2.45) is 0 Å². The summed E-state index contributed by atoms with van der Waals surface area (Å²) < 4.78 is 26.5. The van der Waals surface area contributed by atoms with Gasteiger partial charge in [0.2, 0.25) is 0 Å². The molecule has 0 saturated heterocycles. The molecule has 0 bridgehead atoms. The fourth-order valence-corrected chi connectivity index (χ4v) is 1.87. The van der Waals surface area contributed by atoms with Crippen molar-refractivity contribution in [3.8, 4) is 0 Å². The zero-order chi connectivity index (χ0) is 12.3. The van der Waals surface area contributed by atoms with Gasteiger partial charge < -0.3 is 10.1 Å². The van der Waals surface area contributed by atoms with Crippen LogP contribution in [0.2, 0.25) is 0 Å². The third-order valence-corrected chi connectivity index (χ3v) is 3.05. The predicted molar refractivity (Wildman–Crippen MR) is 67.4 cm³/mol. The Morgan fingerprint density at radius 2 is 1.88 bits per heavy atom. The Bertz CT molecular complexity index is 273. The first kappa shape index (κ1) is 15.6. The van der Waals surface area contributed by atoms with Crippen molar-refractivity contribution in [1.82, 2.24) is 5.32 Å². The lowest BCUT2D eigenvalue weighted by atomic mass is 10.3.